The van der Waals surface area contributed by atoms with Gasteiger partial charge in [0.25, 0.3) is 0 Å². The van der Waals surface area contributed by atoms with Crippen molar-refractivity contribution in [3.8, 4) is 0 Å². The van der Waals surface area contributed by atoms with Gasteiger partial charge in [0.1, 0.15) is 0 Å². The molecular weight excluding hydrogens is 210 g/mol. The van der Waals surface area contributed by atoms with Crippen molar-refractivity contribution in [1.29, 1.82) is 0 Å². The highest BCUT2D eigenvalue weighted by atomic mass is 16.5. The first kappa shape index (κ1) is 15.0. The van der Waals surface area contributed by atoms with Crippen LogP contribution in [0.25, 0.3) is 0 Å². The minimum absolute atomic E-state index is 0.247. The van der Waals surface area contributed by atoms with Crippen molar-refractivity contribution in [2.75, 3.05) is 19.7 Å². The van der Waals surface area contributed by atoms with E-state index < -0.39 is 0 Å². The third-order valence-electron chi connectivity index (χ3n) is 3.53. The van der Waals surface area contributed by atoms with Crippen molar-refractivity contribution in [2.24, 2.45) is 5.41 Å². The first-order chi connectivity index (χ1) is 7.68. The van der Waals surface area contributed by atoms with Crippen LogP contribution in [0, 0.1) is 5.41 Å². The summed E-state index contributed by atoms with van der Waals surface area (Å²) in [5.41, 5.74) is 0.664. The summed E-state index contributed by atoms with van der Waals surface area (Å²) in [7, 11) is 0. The molecule has 0 bridgehead atoms. The molecule has 0 aliphatic carbocycles. The van der Waals surface area contributed by atoms with Crippen LogP contribution in [0.15, 0.2) is 0 Å². The van der Waals surface area contributed by atoms with Gasteiger partial charge in [0.2, 0.25) is 0 Å². The maximum absolute atomic E-state index is 5.77. The second-order valence-corrected chi connectivity index (χ2v) is 7.56. The number of rotatable bonds is 4. The summed E-state index contributed by atoms with van der Waals surface area (Å²) in [6.07, 6.45) is 4.19. The molecule has 1 unspecified atom stereocenters. The molecule has 1 heterocycles. The summed E-state index contributed by atoms with van der Waals surface area (Å²) in [5, 5.41) is 0. The molecule has 0 radical (unpaired) electrons. The molecule has 0 aromatic rings. The summed E-state index contributed by atoms with van der Waals surface area (Å²) in [4.78, 5) is 2.59. The molecule has 2 heteroatoms. The third kappa shape index (κ3) is 5.87. The average molecular weight is 241 g/mol. The van der Waals surface area contributed by atoms with E-state index in [1.807, 2.05) is 0 Å². The maximum Gasteiger partial charge on any atom is 0.0703 e. The van der Waals surface area contributed by atoms with Crippen LogP contribution in [-0.4, -0.2) is 36.2 Å². The fourth-order valence-electron chi connectivity index (χ4n) is 2.21. The van der Waals surface area contributed by atoms with Crippen molar-refractivity contribution in [3.63, 3.8) is 0 Å². The predicted molar refractivity (Wildman–Crippen MR) is 74.4 cm³/mol. The Morgan fingerprint density at radius 3 is 2.18 bits per heavy atom. The van der Waals surface area contributed by atoms with Crippen molar-refractivity contribution < 1.29 is 4.74 Å². The zero-order valence-electron chi connectivity index (χ0n) is 12.7. The minimum Gasteiger partial charge on any atom is -0.377 e. The second kappa shape index (κ2) is 5.71. The van der Waals surface area contributed by atoms with Crippen LogP contribution in [0.3, 0.4) is 0 Å². The van der Waals surface area contributed by atoms with Gasteiger partial charge in [-0.1, -0.05) is 20.8 Å². The largest absolute Gasteiger partial charge is 0.377 e. The lowest BCUT2D eigenvalue weighted by atomic mass is 9.91. The molecule has 1 fully saturated rings. The van der Waals surface area contributed by atoms with E-state index in [0.717, 1.165) is 13.2 Å². The highest BCUT2D eigenvalue weighted by molar-refractivity contribution is 4.81. The average Bonchev–Trinajstić information content (AvgIpc) is 2.60. The van der Waals surface area contributed by atoms with Crippen LogP contribution in [-0.2, 0) is 4.74 Å². The summed E-state index contributed by atoms with van der Waals surface area (Å²) < 4.78 is 5.77. The van der Waals surface area contributed by atoms with Crippen molar-refractivity contribution >= 4 is 0 Å². The lowest BCUT2D eigenvalue weighted by Gasteiger charge is -2.38. The molecule has 0 aromatic carbocycles. The SMILES string of the molecule is CC(C)(C)CCN(CC1CCCO1)C(C)(C)C. The maximum atomic E-state index is 5.77. The second-order valence-electron chi connectivity index (χ2n) is 7.56. The fraction of sp³-hybridized carbons (Fsp3) is 1.00. The molecule has 1 aliphatic rings. The first-order valence-electron chi connectivity index (χ1n) is 7.05. The molecule has 0 N–H and O–H groups in total. The third-order valence-corrected chi connectivity index (χ3v) is 3.53. The zero-order valence-corrected chi connectivity index (χ0v) is 12.7. The molecule has 1 aliphatic heterocycles. The van der Waals surface area contributed by atoms with Gasteiger partial charge in [0, 0.05) is 18.7 Å². The quantitative estimate of drug-likeness (QED) is 0.744. The Hall–Kier alpha value is -0.0800. The standard InChI is InChI=1S/C15H31NO/c1-14(2,3)9-10-16(15(4,5)6)12-13-8-7-11-17-13/h13H,7-12H2,1-6H3. The van der Waals surface area contributed by atoms with Gasteiger partial charge >= 0.3 is 0 Å². The van der Waals surface area contributed by atoms with E-state index in [4.69, 9.17) is 4.74 Å². The Kier molecular flexibility index (Phi) is 5.03. The van der Waals surface area contributed by atoms with E-state index >= 15 is 0 Å². The van der Waals surface area contributed by atoms with E-state index in [1.165, 1.54) is 25.8 Å². The van der Waals surface area contributed by atoms with Crippen molar-refractivity contribution in [1.82, 2.24) is 4.90 Å². The molecule has 2 nitrogen and oxygen atoms in total. The van der Waals surface area contributed by atoms with E-state index in [9.17, 15) is 0 Å². The number of nitrogens with zero attached hydrogens (tertiary/aromatic N) is 1. The number of ether oxygens (including phenoxy) is 1. The summed E-state index contributed by atoms with van der Waals surface area (Å²) in [6, 6.07) is 0. The summed E-state index contributed by atoms with van der Waals surface area (Å²) in [6.45, 7) is 17.1. The molecule has 0 spiro atoms. The van der Waals surface area contributed by atoms with Gasteiger partial charge in [-0.2, -0.15) is 0 Å². The lowest BCUT2D eigenvalue weighted by molar-refractivity contribution is 0.0321. The molecule has 0 saturated carbocycles. The van der Waals surface area contributed by atoms with Crippen LogP contribution in [0.2, 0.25) is 0 Å². The molecule has 1 rings (SSSR count). The Balaban J connectivity index is 2.48. The van der Waals surface area contributed by atoms with Gasteiger partial charge in [0.15, 0.2) is 0 Å². The minimum atomic E-state index is 0.247. The van der Waals surface area contributed by atoms with E-state index in [1.54, 1.807) is 0 Å². The van der Waals surface area contributed by atoms with Gasteiger partial charge < -0.3 is 4.74 Å². The topological polar surface area (TPSA) is 12.5 Å². The van der Waals surface area contributed by atoms with Crippen LogP contribution in [0.5, 0.6) is 0 Å². The molecular formula is C15H31NO. The van der Waals surface area contributed by atoms with Crippen molar-refractivity contribution in [2.45, 2.75) is 72.4 Å². The molecule has 102 valence electrons. The lowest BCUT2D eigenvalue weighted by Crippen LogP contribution is -2.46. The fourth-order valence-corrected chi connectivity index (χ4v) is 2.21. The normalized spacial score (nSPS) is 22.4. The molecule has 1 atom stereocenters. The Morgan fingerprint density at radius 2 is 1.76 bits per heavy atom. The molecule has 1 saturated heterocycles. The summed E-state index contributed by atoms with van der Waals surface area (Å²) in [5.74, 6) is 0. The zero-order chi connectivity index (χ0) is 13.1. The van der Waals surface area contributed by atoms with Crippen LogP contribution < -0.4 is 0 Å². The van der Waals surface area contributed by atoms with Crippen LogP contribution >= 0.6 is 0 Å². The first-order valence-corrected chi connectivity index (χ1v) is 7.05. The van der Waals surface area contributed by atoms with Gasteiger partial charge in [-0.05, 0) is 52.0 Å². The van der Waals surface area contributed by atoms with Crippen molar-refractivity contribution in [3.05, 3.63) is 0 Å². The highest BCUT2D eigenvalue weighted by Gasteiger charge is 2.27. The van der Waals surface area contributed by atoms with Crippen LogP contribution in [0.4, 0.5) is 0 Å². The monoisotopic (exact) mass is 241 g/mol. The van der Waals surface area contributed by atoms with E-state index in [0.29, 0.717) is 11.5 Å². The Bertz CT molecular complexity index is 218. The van der Waals surface area contributed by atoms with E-state index in [2.05, 4.69) is 46.4 Å². The molecule has 17 heavy (non-hydrogen) atoms. The smallest absolute Gasteiger partial charge is 0.0703 e. The number of hydrogen-bond donors (Lipinski definition) is 0. The van der Waals surface area contributed by atoms with Gasteiger partial charge in [0.05, 0.1) is 6.10 Å². The predicted octanol–water partition coefficient (Wildman–Crippen LogP) is 3.70. The van der Waals surface area contributed by atoms with Gasteiger partial charge in [-0.25, -0.2) is 0 Å². The summed E-state index contributed by atoms with van der Waals surface area (Å²) >= 11 is 0. The number of hydrogen-bond acceptors (Lipinski definition) is 2. The Morgan fingerprint density at radius 1 is 1.12 bits per heavy atom. The highest BCUT2D eigenvalue weighted by Crippen LogP contribution is 2.24. The van der Waals surface area contributed by atoms with Gasteiger partial charge in [-0.3, -0.25) is 4.90 Å². The molecule has 0 amide bonds. The Labute approximate surface area is 108 Å². The van der Waals surface area contributed by atoms with Gasteiger partial charge in [-0.15, -0.1) is 0 Å². The molecule has 0 aromatic heterocycles. The van der Waals surface area contributed by atoms with E-state index in [-0.39, 0.29) is 5.54 Å². The van der Waals surface area contributed by atoms with Crippen LogP contribution in [0.1, 0.15) is 60.8 Å².